The van der Waals surface area contributed by atoms with Gasteiger partial charge in [-0.25, -0.2) is 0 Å². The zero-order valence-corrected chi connectivity index (χ0v) is 14.2. The van der Waals surface area contributed by atoms with Crippen LogP contribution in [0.1, 0.15) is 48.8 Å². The highest BCUT2D eigenvalue weighted by Crippen LogP contribution is 2.40. The Hall–Kier alpha value is -2.24. The minimum absolute atomic E-state index is 0.163. The van der Waals surface area contributed by atoms with Crippen molar-refractivity contribution in [1.29, 1.82) is 0 Å². The van der Waals surface area contributed by atoms with Crippen LogP contribution in [0.4, 0.5) is 0 Å². The summed E-state index contributed by atoms with van der Waals surface area (Å²) in [6, 6.07) is 8.03. The number of carbonyl (C=O) groups is 1. The van der Waals surface area contributed by atoms with Crippen LogP contribution in [0.3, 0.4) is 0 Å². The number of tetrazole rings is 1. The summed E-state index contributed by atoms with van der Waals surface area (Å²) in [5.74, 6) is 2.19. The summed E-state index contributed by atoms with van der Waals surface area (Å²) in [4.78, 5) is 15.1. The van der Waals surface area contributed by atoms with Gasteiger partial charge >= 0.3 is 0 Å². The molecule has 0 bridgehead atoms. The number of fused-ring (bicyclic) bond motifs is 1. The number of hydrogen-bond acceptors (Lipinski definition) is 4. The van der Waals surface area contributed by atoms with Crippen LogP contribution >= 0.6 is 0 Å². The molecule has 1 aromatic carbocycles. The first kappa shape index (κ1) is 15.3. The van der Waals surface area contributed by atoms with Gasteiger partial charge in [0.2, 0.25) is 0 Å². The largest absolute Gasteiger partial charge is 0.335 e. The normalized spacial score (nSPS) is 26.4. The van der Waals surface area contributed by atoms with E-state index in [-0.39, 0.29) is 5.91 Å². The molecule has 3 atom stereocenters. The highest BCUT2D eigenvalue weighted by atomic mass is 16.2. The summed E-state index contributed by atoms with van der Waals surface area (Å²) in [5.41, 5.74) is 1.63. The average Bonchev–Trinajstić information content (AvgIpc) is 3.19. The maximum Gasteiger partial charge on any atom is 0.254 e. The lowest BCUT2D eigenvalue weighted by Gasteiger charge is -2.32. The minimum Gasteiger partial charge on any atom is -0.335 e. The van der Waals surface area contributed by atoms with Gasteiger partial charge in [0, 0.05) is 18.2 Å². The molecule has 6 nitrogen and oxygen atoms in total. The Labute approximate surface area is 141 Å². The zero-order chi connectivity index (χ0) is 16.7. The molecule has 4 rings (SSSR count). The summed E-state index contributed by atoms with van der Waals surface area (Å²) in [5, 5.41) is 11.5. The number of aromatic nitrogens is 4. The number of benzene rings is 1. The van der Waals surface area contributed by atoms with Crippen molar-refractivity contribution in [2.24, 2.45) is 11.8 Å². The lowest BCUT2D eigenvalue weighted by atomic mass is 9.80. The summed E-state index contributed by atoms with van der Waals surface area (Å²) >= 11 is 0. The van der Waals surface area contributed by atoms with E-state index in [9.17, 15) is 4.79 Å². The molecule has 126 valence electrons. The van der Waals surface area contributed by atoms with Crippen LogP contribution in [0.5, 0.6) is 0 Å². The van der Waals surface area contributed by atoms with Crippen LogP contribution in [-0.4, -0.2) is 43.6 Å². The van der Waals surface area contributed by atoms with Crippen LogP contribution in [0.2, 0.25) is 0 Å². The van der Waals surface area contributed by atoms with Gasteiger partial charge in [-0.3, -0.25) is 4.79 Å². The van der Waals surface area contributed by atoms with E-state index in [1.54, 1.807) is 4.68 Å². The first-order valence-electron chi connectivity index (χ1n) is 8.81. The van der Waals surface area contributed by atoms with Crippen molar-refractivity contribution in [3.8, 4) is 5.69 Å². The standard InChI is InChI=1S/C18H23N5O/c1-12-11-22(17-6-4-3-5-16(12)17)18(24)14-7-9-15(10-8-14)23-13(2)19-20-21-23/h7-10,12,16-17H,3-6,11H2,1-2H3. The Morgan fingerprint density at radius 1 is 1.17 bits per heavy atom. The van der Waals surface area contributed by atoms with Crippen LogP contribution in [0.15, 0.2) is 24.3 Å². The van der Waals surface area contributed by atoms with Gasteiger partial charge in [-0.15, -0.1) is 5.10 Å². The Morgan fingerprint density at radius 2 is 1.92 bits per heavy atom. The second-order valence-corrected chi connectivity index (χ2v) is 7.14. The van der Waals surface area contributed by atoms with Gasteiger partial charge in [0.15, 0.2) is 5.82 Å². The predicted octanol–water partition coefficient (Wildman–Crippen LogP) is 2.62. The second-order valence-electron chi connectivity index (χ2n) is 7.14. The van der Waals surface area contributed by atoms with Gasteiger partial charge in [-0.2, -0.15) is 4.68 Å². The first-order chi connectivity index (χ1) is 11.6. The number of likely N-dealkylation sites (tertiary alicyclic amines) is 1. The van der Waals surface area contributed by atoms with Crippen LogP contribution in [0.25, 0.3) is 5.69 Å². The van der Waals surface area contributed by atoms with Crippen molar-refractivity contribution in [3.05, 3.63) is 35.7 Å². The van der Waals surface area contributed by atoms with Gasteiger partial charge in [0.25, 0.3) is 5.91 Å². The van der Waals surface area contributed by atoms with Crippen LogP contribution in [0, 0.1) is 18.8 Å². The number of carbonyl (C=O) groups excluding carboxylic acids is 1. The van der Waals surface area contributed by atoms with Gasteiger partial charge < -0.3 is 4.90 Å². The van der Waals surface area contributed by atoms with Crippen molar-refractivity contribution in [1.82, 2.24) is 25.1 Å². The highest BCUT2D eigenvalue weighted by Gasteiger charge is 2.42. The monoisotopic (exact) mass is 325 g/mol. The van der Waals surface area contributed by atoms with Crippen LogP contribution < -0.4 is 0 Å². The predicted molar refractivity (Wildman–Crippen MR) is 89.8 cm³/mol. The summed E-state index contributed by atoms with van der Waals surface area (Å²) in [7, 11) is 0. The van der Waals surface area contributed by atoms with E-state index in [4.69, 9.17) is 0 Å². The minimum atomic E-state index is 0.163. The molecule has 3 unspecified atom stereocenters. The molecular weight excluding hydrogens is 302 g/mol. The van der Waals surface area contributed by atoms with E-state index >= 15 is 0 Å². The molecule has 2 aliphatic rings. The summed E-state index contributed by atoms with van der Waals surface area (Å²) < 4.78 is 1.67. The van der Waals surface area contributed by atoms with E-state index < -0.39 is 0 Å². The summed E-state index contributed by atoms with van der Waals surface area (Å²) in [6.07, 6.45) is 4.98. The topological polar surface area (TPSA) is 63.9 Å². The van der Waals surface area contributed by atoms with E-state index in [1.807, 2.05) is 31.2 Å². The summed E-state index contributed by atoms with van der Waals surface area (Å²) in [6.45, 7) is 5.04. The fourth-order valence-corrected chi connectivity index (χ4v) is 4.39. The SMILES string of the molecule is Cc1nnnn1-c1ccc(C(=O)N2CC(C)C3CCCCC32)cc1. The van der Waals surface area contributed by atoms with Gasteiger partial charge in [0.05, 0.1) is 5.69 Å². The number of rotatable bonds is 2. The molecule has 2 heterocycles. The fraction of sp³-hybridized carbons (Fsp3) is 0.556. The van der Waals surface area contributed by atoms with Crippen molar-refractivity contribution in [2.75, 3.05) is 6.54 Å². The van der Waals surface area contributed by atoms with Crippen molar-refractivity contribution >= 4 is 5.91 Å². The Balaban J connectivity index is 1.55. The Morgan fingerprint density at radius 3 is 2.62 bits per heavy atom. The molecular formula is C18H23N5O. The first-order valence-corrected chi connectivity index (χ1v) is 8.81. The molecule has 2 aromatic rings. The van der Waals surface area contributed by atoms with Crippen LogP contribution in [-0.2, 0) is 0 Å². The van der Waals surface area contributed by atoms with E-state index in [0.717, 1.165) is 30.0 Å². The number of hydrogen-bond donors (Lipinski definition) is 0. The van der Waals surface area contributed by atoms with Gasteiger partial charge in [0.1, 0.15) is 0 Å². The highest BCUT2D eigenvalue weighted by molar-refractivity contribution is 5.94. The lowest BCUT2D eigenvalue weighted by Crippen LogP contribution is -2.39. The molecule has 2 fully saturated rings. The Bertz CT molecular complexity index is 738. The maximum absolute atomic E-state index is 13.0. The molecule has 1 saturated heterocycles. The smallest absolute Gasteiger partial charge is 0.254 e. The molecule has 1 aliphatic carbocycles. The quantitative estimate of drug-likeness (QED) is 0.851. The number of nitrogens with zero attached hydrogens (tertiary/aromatic N) is 5. The zero-order valence-electron chi connectivity index (χ0n) is 14.2. The van der Waals surface area contributed by atoms with E-state index in [0.29, 0.717) is 17.9 Å². The number of amides is 1. The molecule has 1 amide bonds. The fourth-order valence-electron chi connectivity index (χ4n) is 4.39. The van der Waals surface area contributed by atoms with E-state index in [2.05, 4.69) is 27.3 Å². The molecule has 0 N–H and O–H groups in total. The third-order valence-electron chi connectivity index (χ3n) is 5.64. The van der Waals surface area contributed by atoms with E-state index in [1.165, 1.54) is 19.3 Å². The molecule has 24 heavy (non-hydrogen) atoms. The van der Waals surface area contributed by atoms with Crippen molar-refractivity contribution < 1.29 is 4.79 Å². The third kappa shape index (κ3) is 2.50. The molecule has 0 radical (unpaired) electrons. The average molecular weight is 325 g/mol. The third-order valence-corrected chi connectivity index (χ3v) is 5.64. The van der Waals surface area contributed by atoms with Crippen molar-refractivity contribution in [2.45, 2.75) is 45.6 Å². The molecule has 6 heteroatoms. The van der Waals surface area contributed by atoms with Crippen molar-refractivity contribution in [3.63, 3.8) is 0 Å². The molecule has 1 aliphatic heterocycles. The Kier molecular flexibility index (Phi) is 3.82. The second kappa shape index (κ2) is 6.00. The van der Waals surface area contributed by atoms with Gasteiger partial charge in [-0.05, 0) is 66.3 Å². The number of aryl methyl sites for hydroxylation is 1. The molecule has 1 saturated carbocycles. The molecule has 0 spiro atoms. The van der Waals surface area contributed by atoms with Gasteiger partial charge in [-0.1, -0.05) is 19.8 Å². The lowest BCUT2D eigenvalue weighted by molar-refractivity contribution is 0.0690. The maximum atomic E-state index is 13.0. The molecule has 1 aromatic heterocycles.